The molecule has 0 spiro atoms. The number of carbonyl (C=O) groups is 3. The van der Waals surface area contributed by atoms with E-state index in [-0.39, 0.29) is 31.1 Å². The van der Waals surface area contributed by atoms with E-state index in [4.69, 9.17) is 14.2 Å². The zero-order valence-electron chi connectivity index (χ0n) is 48.6. The molecule has 0 amide bonds. The number of esters is 3. The molecule has 0 fully saturated rings. The number of unbranched alkanes of at least 4 members (excludes halogenated alkanes) is 29. The molecule has 0 aromatic carbocycles. The molecule has 0 rings (SSSR count). The van der Waals surface area contributed by atoms with Crippen LogP contribution in [0.1, 0.15) is 297 Å². The maximum Gasteiger partial charge on any atom is 0.306 e. The van der Waals surface area contributed by atoms with Crippen molar-refractivity contribution in [2.75, 3.05) is 13.2 Å². The van der Waals surface area contributed by atoms with E-state index in [0.29, 0.717) is 19.3 Å². The van der Waals surface area contributed by atoms with E-state index in [1.807, 2.05) is 0 Å². The summed E-state index contributed by atoms with van der Waals surface area (Å²) in [5.74, 6) is -0.891. The number of hydrogen-bond acceptors (Lipinski definition) is 6. The Morgan fingerprint density at radius 3 is 0.824 bits per heavy atom. The lowest BCUT2D eigenvalue weighted by atomic mass is 10.0. The van der Waals surface area contributed by atoms with Crippen LogP contribution in [-0.2, 0) is 28.6 Å². The lowest BCUT2D eigenvalue weighted by Crippen LogP contribution is -2.30. The Morgan fingerprint density at radius 2 is 0.527 bits per heavy atom. The van der Waals surface area contributed by atoms with Gasteiger partial charge in [-0.1, -0.05) is 279 Å². The third-order valence-electron chi connectivity index (χ3n) is 13.3. The molecule has 6 nitrogen and oxygen atoms in total. The van der Waals surface area contributed by atoms with Gasteiger partial charge < -0.3 is 14.2 Å². The second-order valence-electron chi connectivity index (χ2n) is 20.6. The van der Waals surface area contributed by atoms with Gasteiger partial charge in [-0.2, -0.15) is 0 Å². The second-order valence-corrected chi connectivity index (χ2v) is 20.6. The number of rotatable bonds is 56. The molecule has 0 aromatic rings. The van der Waals surface area contributed by atoms with Gasteiger partial charge in [0.05, 0.1) is 0 Å². The lowest BCUT2D eigenvalue weighted by Gasteiger charge is -2.18. The van der Waals surface area contributed by atoms with Crippen LogP contribution in [0.5, 0.6) is 0 Å². The fraction of sp³-hybridized carbons (Fsp3) is 0.721. The number of ether oxygens (including phenoxy) is 3. The first-order valence-corrected chi connectivity index (χ1v) is 31.2. The van der Waals surface area contributed by atoms with Gasteiger partial charge in [-0.15, -0.1) is 0 Å². The number of hydrogen-bond donors (Lipinski definition) is 0. The van der Waals surface area contributed by atoms with Gasteiger partial charge in [0.2, 0.25) is 0 Å². The first-order chi connectivity index (χ1) is 36.5. The van der Waals surface area contributed by atoms with Gasteiger partial charge >= 0.3 is 17.9 Å². The molecule has 0 heterocycles. The molecule has 0 aromatic heterocycles. The molecule has 6 heteroatoms. The van der Waals surface area contributed by atoms with Gasteiger partial charge in [0.15, 0.2) is 6.10 Å². The molecule has 0 bridgehead atoms. The van der Waals surface area contributed by atoms with Crippen LogP contribution in [0.15, 0.2) is 97.2 Å². The Bertz CT molecular complexity index is 1460. The summed E-state index contributed by atoms with van der Waals surface area (Å²) in [5.41, 5.74) is 0. The van der Waals surface area contributed by atoms with E-state index in [1.54, 1.807) is 0 Å². The predicted octanol–water partition coefficient (Wildman–Crippen LogP) is 21.3. The Kier molecular flexibility index (Phi) is 58.8. The third kappa shape index (κ3) is 59.2. The molecule has 0 saturated heterocycles. The zero-order valence-corrected chi connectivity index (χ0v) is 48.6. The largest absolute Gasteiger partial charge is 0.462 e. The minimum absolute atomic E-state index is 0.0816. The van der Waals surface area contributed by atoms with Crippen molar-refractivity contribution in [3.05, 3.63) is 97.2 Å². The van der Waals surface area contributed by atoms with E-state index >= 15 is 0 Å². The minimum atomic E-state index is -0.785. The topological polar surface area (TPSA) is 78.9 Å². The van der Waals surface area contributed by atoms with Crippen LogP contribution in [0.2, 0.25) is 0 Å². The molecule has 1 unspecified atom stereocenters. The smallest absolute Gasteiger partial charge is 0.306 e. The van der Waals surface area contributed by atoms with Crippen molar-refractivity contribution >= 4 is 17.9 Å². The third-order valence-corrected chi connectivity index (χ3v) is 13.3. The van der Waals surface area contributed by atoms with E-state index in [9.17, 15) is 14.4 Å². The SMILES string of the molecule is CC/C=C\C/C=C\C/C=C\C/C=C\C/C=C\CCCCCCCCCCCCCCCC(=O)OCC(COC(=O)CCCCCCCCCCCCCC)OC(=O)CCCCCCC/C=C\C/C=C\C/C=C\CC. The van der Waals surface area contributed by atoms with Crippen LogP contribution < -0.4 is 0 Å². The minimum Gasteiger partial charge on any atom is -0.462 e. The molecule has 0 radical (unpaired) electrons. The quantitative estimate of drug-likeness (QED) is 0.0261. The average molecular weight is 1030 g/mol. The van der Waals surface area contributed by atoms with Crippen molar-refractivity contribution in [2.24, 2.45) is 0 Å². The summed E-state index contributed by atoms with van der Waals surface area (Å²) in [4.78, 5) is 38.2. The van der Waals surface area contributed by atoms with Crippen LogP contribution >= 0.6 is 0 Å². The molecule has 0 saturated carbocycles. The molecular weight excluding hydrogens is 913 g/mol. The fourth-order valence-corrected chi connectivity index (χ4v) is 8.72. The monoisotopic (exact) mass is 1030 g/mol. The zero-order chi connectivity index (χ0) is 53.6. The second kappa shape index (κ2) is 61.9. The Labute approximate surface area is 457 Å². The van der Waals surface area contributed by atoms with Crippen molar-refractivity contribution in [1.82, 2.24) is 0 Å². The molecule has 424 valence electrons. The van der Waals surface area contributed by atoms with Crippen molar-refractivity contribution < 1.29 is 28.6 Å². The van der Waals surface area contributed by atoms with Crippen LogP contribution in [0.4, 0.5) is 0 Å². The standard InChI is InChI=1S/C68H116O6/c1-4-7-10-13-16-19-22-25-27-28-29-30-31-32-33-34-35-36-37-38-39-40-42-43-46-49-52-55-58-61-67(70)73-64-65(63-72-66(69)60-57-54-51-48-45-24-21-18-15-12-9-6-3)74-68(71)62-59-56-53-50-47-44-41-26-23-20-17-14-11-8-5-2/h7-8,10-11,16-17,19-20,25-27,29-30,32-33,41,65H,4-6,9,12-15,18,21-24,28,31,34-40,42-64H2,1-3H3/b10-7-,11-8-,19-16-,20-17-,27-25-,30-29-,33-32-,41-26-. The van der Waals surface area contributed by atoms with E-state index < -0.39 is 6.10 Å². The van der Waals surface area contributed by atoms with Crippen LogP contribution in [0.3, 0.4) is 0 Å². The average Bonchev–Trinajstić information content (AvgIpc) is 3.40. The summed E-state index contributed by atoms with van der Waals surface area (Å²) in [6.45, 7) is 6.42. The van der Waals surface area contributed by atoms with Crippen LogP contribution in [0.25, 0.3) is 0 Å². The molecule has 0 aliphatic rings. The Hall–Kier alpha value is -3.67. The molecule has 0 aliphatic carbocycles. The van der Waals surface area contributed by atoms with Gasteiger partial charge in [0.25, 0.3) is 0 Å². The van der Waals surface area contributed by atoms with Gasteiger partial charge in [-0.3, -0.25) is 14.4 Å². The Morgan fingerprint density at radius 1 is 0.284 bits per heavy atom. The highest BCUT2D eigenvalue weighted by Crippen LogP contribution is 2.16. The predicted molar refractivity (Wildman–Crippen MR) is 320 cm³/mol. The maximum atomic E-state index is 12.9. The molecular formula is C68H116O6. The molecule has 0 aliphatic heterocycles. The summed E-state index contributed by atoms with van der Waals surface area (Å²) in [6, 6.07) is 0. The van der Waals surface area contributed by atoms with E-state index in [0.717, 1.165) is 128 Å². The van der Waals surface area contributed by atoms with Gasteiger partial charge in [0.1, 0.15) is 13.2 Å². The first kappa shape index (κ1) is 70.3. The van der Waals surface area contributed by atoms with Crippen molar-refractivity contribution in [1.29, 1.82) is 0 Å². The highest BCUT2D eigenvalue weighted by atomic mass is 16.6. The summed E-state index contributed by atoms with van der Waals surface area (Å²) in [5, 5.41) is 0. The van der Waals surface area contributed by atoms with Crippen molar-refractivity contribution in [3.63, 3.8) is 0 Å². The first-order valence-electron chi connectivity index (χ1n) is 31.2. The van der Waals surface area contributed by atoms with E-state index in [2.05, 4.69) is 118 Å². The molecule has 74 heavy (non-hydrogen) atoms. The highest BCUT2D eigenvalue weighted by molar-refractivity contribution is 5.71. The molecule has 1 atom stereocenters. The summed E-state index contributed by atoms with van der Waals surface area (Å²) < 4.78 is 16.9. The summed E-state index contributed by atoms with van der Waals surface area (Å²) in [6.07, 6.45) is 82.7. The number of carbonyl (C=O) groups excluding carboxylic acids is 3. The van der Waals surface area contributed by atoms with Gasteiger partial charge in [-0.25, -0.2) is 0 Å². The van der Waals surface area contributed by atoms with Crippen molar-refractivity contribution in [2.45, 2.75) is 303 Å². The van der Waals surface area contributed by atoms with Crippen LogP contribution in [-0.4, -0.2) is 37.2 Å². The van der Waals surface area contributed by atoms with Gasteiger partial charge in [0, 0.05) is 19.3 Å². The fourth-order valence-electron chi connectivity index (χ4n) is 8.72. The highest BCUT2D eigenvalue weighted by Gasteiger charge is 2.19. The normalized spacial score (nSPS) is 12.7. The van der Waals surface area contributed by atoms with E-state index in [1.165, 1.54) is 128 Å². The molecule has 0 N–H and O–H groups in total. The summed E-state index contributed by atoms with van der Waals surface area (Å²) in [7, 11) is 0. The van der Waals surface area contributed by atoms with Gasteiger partial charge in [-0.05, 0) is 96.3 Å². The Balaban J connectivity index is 4.23. The van der Waals surface area contributed by atoms with Crippen LogP contribution in [0, 0.1) is 0 Å². The lowest BCUT2D eigenvalue weighted by molar-refractivity contribution is -0.167. The maximum absolute atomic E-state index is 12.9. The summed E-state index contributed by atoms with van der Waals surface area (Å²) >= 11 is 0. The number of allylic oxidation sites excluding steroid dienone is 16. The van der Waals surface area contributed by atoms with Crippen molar-refractivity contribution in [3.8, 4) is 0 Å².